The SMILES string of the molecule is COCCCCCCOc1ccc(-c2ncc(CCCCCCCCCCCC(=O)O)cn2)cc1. The summed E-state index contributed by atoms with van der Waals surface area (Å²) in [7, 11) is 1.75. The molecule has 1 aromatic heterocycles. The molecule has 1 N–H and O–H groups in total. The van der Waals surface area contributed by atoms with Crippen LogP contribution in [0.5, 0.6) is 5.75 Å². The summed E-state index contributed by atoms with van der Waals surface area (Å²) in [6.45, 7) is 1.58. The number of ether oxygens (including phenoxy) is 2. The molecule has 194 valence electrons. The van der Waals surface area contributed by atoms with Gasteiger partial charge in [0.25, 0.3) is 0 Å². The Bertz CT molecular complexity index is 793. The lowest BCUT2D eigenvalue weighted by atomic mass is 10.0. The lowest BCUT2D eigenvalue weighted by Crippen LogP contribution is -1.98. The number of aryl methyl sites for hydroxylation is 1. The van der Waals surface area contributed by atoms with Crippen LogP contribution >= 0.6 is 0 Å². The van der Waals surface area contributed by atoms with Crippen molar-refractivity contribution in [3.8, 4) is 17.1 Å². The van der Waals surface area contributed by atoms with Gasteiger partial charge in [-0.2, -0.15) is 0 Å². The van der Waals surface area contributed by atoms with E-state index in [2.05, 4.69) is 9.97 Å². The van der Waals surface area contributed by atoms with Crippen molar-refractivity contribution >= 4 is 5.97 Å². The lowest BCUT2D eigenvalue weighted by molar-refractivity contribution is -0.137. The molecule has 0 aliphatic rings. The fourth-order valence-corrected chi connectivity index (χ4v) is 4.07. The van der Waals surface area contributed by atoms with Crippen LogP contribution in [-0.2, 0) is 16.0 Å². The fourth-order valence-electron chi connectivity index (χ4n) is 4.07. The molecular formula is C29H44N2O4. The topological polar surface area (TPSA) is 81.5 Å². The average molecular weight is 485 g/mol. The molecule has 6 heteroatoms. The number of carboxylic acid groups (broad SMARTS) is 1. The number of carbonyl (C=O) groups is 1. The minimum atomic E-state index is -0.680. The van der Waals surface area contributed by atoms with Crippen LogP contribution < -0.4 is 4.74 Å². The number of benzene rings is 1. The van der Waals surface area contributed by atoms with Crippen LogP contribution in [0.3, 0.4) is 0 Å². The van der Waals surface area contributed by atoms with Crippen LogP contribution in [0.15, 0.2) is 36.7 Å². The third kappa shape index (κ3) is 13.9. The summed E-state index contributed by atoms with van der Waals surface area (Å²) >= 11 is 0. The van der Waals surface area contributed by atoms with Crippen molar-refractivity contribution in [2.75, 3.05) is 20.3 Å². The quantitative estimate of drug-likeness (QED) is 0.188. The smallest absolute Gasteiger partial charge is 0.303 e. The molecule has 0 atom stereocenters. The Labute approximate surface area is 211 Å². The molecule has 2 aromatic rings. The van der Waals surface area contributed by atoms with Gasteiger partial charge in [0, 0.05) is 38.1 Å². The second-order valence-corrected chi connectivity index (χ2v) is 9.27. The number of unbranched alkanes of at least 4 members (excludes halogenated alkanes) is 11. The number of hydrogen-bond acceptors (Lipinski definition) is 5. The number of hydrogen-bond donors (Lipinski definition) is 1. The van der Waals surface area contributed by atoms with E-state index < -0.39 is 5.97 Å². The Balaban J connectivity index is 1.54. The third-order valence-corrected chi connectivity index (χ3v) is 6.19. The standard InChI is InChI=1S/C29H44N2O4/c1-34-21-13-9-10-14-22-35-27-19-17-26(18-20-27)29-30-23-25(24-31-29)15-11-7-5-3-2-4-6-8-12-16-28(32)33/h17-20,23-24H,2-16,21-22H2,1H3,(H,32,33). The van der Waals surface area contributed by atoms with E-state index in [-0.39, 0.29) is 0 Å². The predicted molar refractivity (Wildman–Crippen MR) is 141 cm³/mol. The molecular weight excluding hydrogens is 440 g/mol. The maximum absolute atomic E-state index is 10.5. The molecule has 0 aliphatic heterocycles. The summed E-state index contributed by atoms with van der Waals surface area (Å²) in [6.07, 6.45) is 20.2. The molecule has 0 bridgehead atoms. The molecule has 0 amide bonds. The predicted octanol–water partition coefficient (Wildman–Crippen LogP) is 7.26. The van der Waals surface area contributed by atoms with Gasteiger partial charge in [0.05, 0.1) is 6.61 Å². The largest absolute Gasteiger partial charge is 0.494 e. The third-order valence-electron chi connectivity index (χ3n) is 6.19. The van der Waals surface area contributed by atoms with E-state index in [0.29, 0.717) is 6.42 Å². The van der Waals surface area contributed by atoms with Crippen molar-refractivity contribution in [3.63, 3.8) is 0 Å². The minimum absolute atomic E-state index is 0.308. The molecule has 1 aromatic carbocycles. The van der Waals surface area contributed by atoms with Crippen LogP contribution in [0.4, 0.5) is 0 Å². The first-order valence-electron chi connectivity index (χ1n) is 13.4. The maximum Gasteiger partial charge on any atom is 0.303 e. The van der Waals surface area contributed by atoms with E-state index >= 15 is 0 Å². The van der Waals surface area contributed by atoms with Gasteiger partial charge < -0.3 is 14.6 Å². The first kappa shape index (κ1) is 28.8. The highest BCUT2D eigenvalue weighted by Gasteiger charge is 2.03. The first-order chi connectivity index (χ1) is 17.2. The van der Waals surface area contributed by atoms with Crippen LogP contribution in [0.25, 0.3) is 11.4 Å². The zero-order chi connectivity index (χ0) is 25.0. The van der Waals surface area contributed by atoms with E-state index in [1.165, 1.54) is 56.9 Å². The zero-order valence-corrected chi connectivity index (χ0v) is 21.6. The number of aromatic nitrogens is 2. The van der Waals surface area contributed by atoms with Crippen molar-refractivity contribution in [1.82, 2.24) is 9.97 Å². The molecule has 1 heterocycles. The van der Waals surface area contributed by atoms with Crippen LogP contribution in [-0.4, -0.2) is 41.4 Å². The van der Waals surface area contributed by atoms with Crippen molar-refractivity contribution in [2.45, 2.75) is 96.3 Å². The number of aliphatic carboxylic acids is 1. The number of methoxy groups -OCH3 is 1. The number of rotatable bonds is 21. The Kier molecular flexibility index (Phi) is 15.5. The summed E-state index contributed by atoms with van der Waals surface area (Å²) < 4.78 is 10.9. The van der Waals surface area contributed by atoms with Gasteiger partial charge in [-0.1, -0.05) is 51.4 Å². The highest BCUT2D eigenvalue weighted by molar-refractivity contribution is 5.66. The fraction of sp³-hybridized carbons (Fsp3) is 0.621. The number of carboxylic acids is 1. The molecule has 2 rings (SSSR count). The van der Waals surface area contributed by atoms with Gasteiger partial charge in [-0.05, 0) is 68.4 Å². The van der Waals surface area contributed by atoms with Crippen LogP contribution in [0.2, 0.25) is 0 Å². The van der Waals surface area contributed by atoms with E-state index in [0.717, 1.165) is 68.9 Å². The highest BCUT2D eigenvalue weighted by Crippen LogP contribution is 2.20. The minimum Gasteiger partial charge on any atom is -0.494 e. The first-order valence-corrected chi connectivity index (χ1v) is 13.4. The van der Waals surface area contributed by atoms with Gasteiger partial charge in [-0.15, -0.1) is 0 Å². The van der Waals surface area contributed by atoms with Crippen molar-refractivity contribution < 1.29 is 19.4 Å². The summed E-state index contributed by atoms with van der Waals surface area (Å²) in [5, 5.41) is 8.63. The molecule has 0 saturated carbocycles. The van der Waals surface area contributed by atoms with Gasteiger partial charge in [0.2, 0.25) is 0 Å². The molecule has 0 fully saturated rings. The van der Waals surface area contributed by atoms with Gasteiger partial charge in [0.1, 0.15) is 5.75 Å². The lowest BCUT2D eigenvalue weighted by Gasteiger charge is -2.07. The van der Waals surface area contributed by atoms with Gasteiger partial charge in [-0.3, -0.25) is 4.79 Å². The summed E-state index contributed by atoms with van der Waals surface area (Å²) in [4.78, 5) is 19.6. The Hall–Kier alpha value is -2.47. The molecule has 0 unspecified atom stereocenters. The van der Waals surface area contributed by atoms with Gasteiger partial charge in [-0.25, -0.2) is 9.97 Å². The average Bonchev–Trinajstić information content (AvgIpc) is 2.87. The van der Waals surface area contributed by atoms with Crippen LogP contribution in [0, 0.1) is 0 Å². The molecule has 6 nitrogen and oxygen atoms in total. The molecule has 0 radical (unpaired) electrons. The Morgan fingerprint density at radius 1 is 0.743 bits per heavy atom. The second kappa shape index (κ2) is 18.8. The highest BCUT2D eigenvalue weighted by atomic mass is 16.5. The molecule has 0 spiro atoms. The van der Waals surface area contributed by atoms with Crippen molar-refractivity contribution in [1.29, 1.82) is 0 Å². The Morgan fingerprint density at radius 3 is 1.89 bits per heavy atom. The summed E-state index contributed by atoms with van der Waals surface area (Å²) in [5.74, 6) is 0.961. The normalized spacial score (nSPS) is 11.0. The van der Waals surface area contributed by atoms with E-state index in [1.54, 1.807) is 7.11 Å². The number of nitrogens with zero attached hydrogens (tertiary/aromatic N) is 2. The van der Waals surface area contributed by atoms with Crippen molar-refractivity contribution in [2.24, 2.45) is 0 Å². The molecule has 35 heavy (non-hydrogen) atoms. The van der Waals surface area contributed by atoms with Crippen molar-refractivity contribution in [3.05, 3.63) is 42.2 Å². The van der Waals surface area contributed by atoms with E-state index in [9.17, 15) is 4.79 Å². The zero-order valence-electron chi connectivity index (χ0n) is 21.6. The summed E-state index contributed by atoms with van der Waals surface area (Å²) in [6, 6.07) is 8.03. The Morgan fingerprint density at radius 2 is 1.29 bits per heavy atom. The van der Waals surface area contributed by atoms with E-state index in [1.807, 2.05) is 36.7 Å². The molecule has 0 aliphatic carbocycles. The molecule has 0 saturated heterocycles. The van der Waals surface area contributed by atoms with Crippen LogP contribution in [0.1, 0.15) is 95.5 Å². The monoisotopic (exact) mass is 484 g/mol. The van der Waals surface area contributed by atoms with E-state index in [4.69, 9.17) is 14.6 Å². The van der Waals surface area contributed by atoms with Gasteiger partial charge >= 0.3 is 5.97 Å². The summed E-state index contributed by atoms with van der Waals surface area (Å²) in [5.41, 5.74) is 2.20. The second-order valence-electron chi connectivity index (χ2n) is 9.27. The van der Waals surface area contributed by atoms with Gasteiger partial charge in [0.15, 0.2) is 5.82 Å². The maximum atomic E-state index is 10.5.